The van der Waals surface area contributed by atoms with Gasteiger partial charge < -0.3 is 10.2 Å². The molecular weight excluding hydrogens is 381 g/mol. The van der Waals surface area contributed by atoms with Crippen LogP contribution in [0, 0.1) is 5.92 Å². The van der Waals surface area contributed by atoms with Crippen LogP contribution in [0.5, 0.6) is 0 Å². The van der Waals surface area contributed by atoms with Crippen LogP contribution in [0.3, 0.4) is 0 Å². The first-order valence-electron chi connectivity index (χ1n) is 7.10. The maximum atomic E-state index is 12.1. The molecule has 2 heterocycles. The zero-order valence-electron chi connectivity index (χ0n) is 12.7. The number of nitrogens with one attached hydrogen (secondary N) is 2. The van der Waals surface area contributed by atoms with Gasteiger partial charge >= 0.3 is 0 Å². The van der Waals surface area contributed by atoms with Gasteiger partial charge in [0, 0.05) is 13.1 Å². The minimum Gasteiger partial charge on any atom is -0.342 e. The highest BCUT2D eigenvalue weighted by Crippen LogP contribution is 2.25. The SMILES string of the molecule is CNCC1CCN(C(=O)CNS(=O)(=O)c2ccc(Cl)s2)CC1.Cl. The molecule has 1 aromatic heterocycles. The normalized spacial score (nSPS) is 16.2. The Morgan fingerprint density at radius 3 is 2.57 bits per heavy atom. The second-order valence-electron chi connectivity index (χ2n) is 5.26. The first-order chi connectivity index (χ1) is 10.4. The summed E-state index contributed by atoms with van der Waals surface area (Å²) in [5.41, 5.74) is 0. The van der Waals surface area contributed by atoms with Crippen LogP contribution in [0.2, 0.25) is 4.34 Å². The first-order valence-corrected chi connectivity index (χ1v) is 9.77. The molecule has 10 heteroatoms. The summed E-state index contributed by atoms with van der Waals surface area (Å²) in [4.78, 5) is 13.8. The lowest BCUT2D eigenvalue weighted by atomic mass is 9.97. The predicted molar refractivity (Wildman–Crippen MR) is 95.0 cm³/mol. The second-order valence-corrected chi connectivity index (χ2v) is 8.97. The number of sulfonamides is 1. The van der Waals surface area contributed by atoms with Gasteiger partial charge in [0.15, 0.2) is 0 Å². The first kappa shape index (κ1) is 20.7. The van der Waals surface area contributed by atoms with Gasteiger partial charge in [0.1, 0.15) is 4.21 Å². The number of hydrogen-bond donors (Lipinski definition) is 2. The predicted octanol–water partition coefficient (Wildman–Crippen LogP) is 1.56. The Morgan fingerprint density at radius 1 is 1.39 bits per heavy atom. The van der Waals surface area contributed by atoms with E-state index in [-0.39, 0.29) is 29.1 Å². The number of halogens is 2. The highest BCUT2D eigenvalue weighted by molar-refractivity contribution is 7.91. The van der Waals surface area contributed by atoms with Gasteiger partial charge in [-0.1, -0.05) is 11.6 Å². The van der Waals surface area contributed by atoms with Crippen molar-refractivity contribution in [3.8, 4) is 0 Å². The highest BCUT2D eigenvalue weighted by Gasteiger charge is 2.24. The summed E-state index contributed by atoms with van der Waals surface area (Å²) < 4.78 is 26.9. The Balaban J connectivity index is 0.00000264. The number of hydrogen-bond acceptors (Lipinski definition) is 5. The molecule has 2 N–H and O–H groups in total. The maximum Gasteiger partial charge on any atom is 0.250 e. The van der Waals surface area contributed by atoms with Crippen molar-refractivity contribution in [3.05, 3.63) is 16.5 Å². The Morgan fingerprint density at radius 2 is 2.04 bits per heavy atom. The minimum absolute atomic E-state index is 0. The Bertz CT molecular complexity index is 614. The number of amides is 1. The summed E-state index contributed by atoms with van der Waals surface area (Å²) in [5, 5.41) is 3.14. The average molecular weight is 402 g/mol. The molecule has 2 rings (SSSR count). The Hall–Kier alpha value is -0.380. The molecule has 0 atom stereocenters. The van der Waals surface area contributed by atoms with E-state index in [0.717, 1.165) is 30.7 Å². The van der Waals surface area contributed by atoms with Crippen LogP contribution in [0.4, 0.5) is 0 Å². The van der Waals surface area contributed by atoms with Crippen molar-refractivity contribution in [1.29, 1.82) is 0 Å². The van der Waals surface area contributed by atoms with Crippen LogP contribution in [0.1, 0.15) is 12.8 Å². The van der Waals surface area contributed by atoms with Gasteiger partial charge in [0.2, 0.25) is 5.91 Å². The molecule has 1 aromatic rings. The number of carbonyl (C=O) groups excluding carboxylic acids is 1. The third kappa shape index (κ3) is 5.88. The van der Waals surface area contributed by atoms with Gasteiger partial charge in [0.05, 0.1) is 10.9 Å². The van der Waals surface area contributed by atoms with E-state index in [2.05, 4.69) is 10.0 Å². The van der Waals surface area contributed by atoms with Gasteiger partial charge in [-0.3, -0.25) is 4.79 Å². The third-order valence-corrected chi connectivity index (χ3v) is 6.81. The summed E-state index contributed by atoms with van der Waals surface area (Å²) >= 11 is 6.71. The Kier molecular flexibility index (Phi) is 8.26. The van der Waals surface area contributed by atoms with E-state index in [4.69, 9.17) is 11.6 Å². The van der Waals surface area contributed by atoms with Crippen molar-refractivity contribution in [2.45, 2.75) is 17.1 Å². The van der Waals surface area contributed by atoms with E-state index in [1.807, 2.05) is 7.05 Å². The van der Waals surface area contributed by atoms with E-state index in [0.29, 0.717) is 23.3 Å². The fourth-order valence-electron chi connectivity index (χ4n) is 2.46. The van der Waals surface area contributed by atoms with E-state index in [1.165, 1.54) is 12.1 Å². The van der Waals surface area contributed by atoms with Crippen LogP contribution in [-0.2, 0) is 14.8 Å². The maximum absolute atomic E-state index is 12.1. The van der Waals surface area contributed by atoms with Crippen molar-refractivity contribution in [3.63, 3.8) is 0 Å². The minimum atomic E-state index is -3.67. The van der Waals surface area contributed by atoms with Crippen molar-refractivity contribution < 1.29 is 13.2 Å². The molecule has 1 amide bonds. The van der Waals surface area contributed by atoms with Crippen LogP contribution in [0.15, 0.2) is 16.3 Å². The standard InChI is InChI=1S/C13H20ClN3O3S2.ClH/c1-15-8-10-4-6-17(7-5-10)12(18)9-16-22(19,20)13-3-2-11(14)21-13;/h2-3,10,15-16H,4-9H2,1H3;1H. The number of nitrogens with zero attached hydrogens (tertiary/aromatic N) is 1. The molecule has 6 nitrogen and oxygen atoms in total. The van der Waals surface area contributed by atoms with Crippen LogP contribution < -0.4 is 10.0 Å². The van der Waals surface area contributed by atoms with Crippen LogP contribution in [0.25, 0.3) is 0 Å². The zero-order valence-corrected chi connectivity index (χ0v) is 16.0. The van der Waals surface area contributed by atoms with Gasteiger partial charge in [-0.25, -0.2) is 13.1 Å². The number of rotatable bonds is 6. The Labute approximate surface area is 152 Å². The van der Waals surface area contributed by atoms with E-state index in [9.17, 15) is 13.2 Å². The second kappa shape index (κ2) is 9.19. The topological polar surface area (TPSA) is 78.5 Å². The molecule has 1 fully saturated rings. The molecule has 1 aliphatic rings. The average Bonchev–Trinajstić information content (AvgIpc) is 2.93. The van der Waals surface area contributed by atoms with Crippen LogP contribution in [-0.4, -0.2) is 52.5 Å². The molecule has 0 aliphatic carbocycles. The molecule has 23 heavy (non-hydrogen) atoms. The van der Waals surface area contributed by atoms with E-state index < -0.39 is 10.0 Å². The molecule has 0 spiro atoms. The summed E-state index contributed by atoms with van der Waals surface area (Å²) in [6.07, 6.45) is 1.89. The quantitative estimate of drug-likeness (QED) is 0.757. The summed E-state index contributed by atoms with van der Waals surface area (Å²) in [6, 6.07) is 2.96. The monoisotopic (exact) mass is 401 g/mol. The lowest BCUT2D eigenvalue weighted by Gasteiger charge is -2.32. The lowest BCUT2D eigenvalue weighted by molar-refractivity contribution is -0.131. The lowest BCUT2D eigenvalue weighted by Crippen LogP contribution is -2.45. The third-order valence-electron chi connectivity index (χ3n) is 3.69. The zero-order chi connectivity index (χ0) is 16.2. The van der Waals surface area contributed by atoms with Crippen LogP contribution >= 0.6 is 35.3 Å². The number of carbonyl (C=O) groups is 1. The van der Waals surface area contributed by atoms with E-state index >= 15 is 0 Å². The van der Waals surface area contributed by atoms with Crippen molar-refractivity contribution in [1.82, 2.24) is 14.9 Å². The van der Waals surface area contributed by atoms with Gasteiger partial charge in [-0.2, -0.15) is 0 Å². The fourth-order valence-corrected chi connectivity index (χ4v) is 4.96. The summed E-state index contributed by atoms with van der Waals surface area (Å²) in [7, 11) is -1.75. The molecular formula is C13H21Cl2N3O3S2. The molecule has 0 aromatic carbocycles. The summed E-state index contributed by atoms with van der Waals surface area (Å²) in [5.74, 6) is 0.396. The number of piperidine rings is 1. The molecule has 1 saturated heterocycles. The van der Waals surface area contributed by atoms with Gasteiger partial charge in [-0.05, 0) is 44.5 Å². The summed E-state index contributed by atoms with van der Waals surface area (Å²) in [6.45, 7) is 2.10. The molecule has 0 bridgehead atoms. The van der Waals surface area contributed by atoms with E-state index in [1.54, 1.807) is 4.90 Å². The number of thiophene rings is 1. The highest BCUT2D eigenvalue weighted by atomic mass is 35.5. The molecule has 0 radical (unpaired) electrons. The van der Waals surface area contributed by atoms with Crippen molar-refractivity contribution >= 4 is 51.3 Å². The molecule has 0 saturated carbocycles. The largest absolute Gasteiger partial charge is 0.342 e. The molecule has 1 aliphatic heterocycles. The fraction of sp³-hybridized carbons (Fsp3) is 0.615. The van der Waals surface area contributed by atoms with Crippen molar-refractivity contribution in [2.24, 2.45) is 5.92 Å². The smallest absolute Gasteiger partial charge is 0.250 e. The number of likely N-dealkylation sites (tertiary alicyclic amines) is 1. The molecule has 132 valence electrons. The molecule has 0 unspecified atom stereocenters. The van der Waals surface area contributed by atoms with Gasteiger partial charge in [0.25, 0.3) is 10.0 Å². The van der Waals surface area contributed by atoms with Gasteiger partial charge in [-0.15, -0.1) is 23.7 Å². The van der Waals surface area contributed by atoms with Crippen molar-refractivity contribution in [2.75, 3.05) is 33.2 Å².